The monoisotopic (exact) mass is 631 g/mol. The number of rotatable bonds is 17. The lowest BCUT2D eigenvalue weighted by Gasteiger charge is -2.31. The van der Waals surface area contributed by atoms with Crippen molar-refractivity contribution in [2.45, 2.75) is 90.1 Å². The van der Waals surface area contributed by atoms with Gasteiger partial charge in [0.25, 0.3) is 0 Å². The Morgan fingerprint density at radius 1 is 1.18 bits per heavy atom. The van der Waals surface area contributed by atoms with Crippen molar-refractivity contribution in [2.75, 3.05) is 27.3 Å². The number of allylic oxidation sites excluding steroid dienone is 2. The Labute approximate surface area is 266 Å². The normalized spacial score (nSPS) is 23.6. The van der Waals surface area contributed by atoms with E-state index in [4.69, 9.17) is 9.47 Å². The number of hydrogen-bond donors (Lipinski definition) is 3. The number of ether oxygens (including phenoxy) is 2. The van der Waals surface area contributed by atoms with Crippen LogP contribution >= 0.6 is 0 Å². The number of unbranched alkanes of at least 4 members (excludes halogenated alkanes) is 1. The molecule has 2 aliphatic rings. The second kappa shape index (κ2) is 17.6. The Morgan fingerprint density at radius 2 is 1.89 bits per heavy atom. The first-order chi connectivity index (χ1) is 21.5. The summed E-state index contributed by atoms with van der Waals surface area (Å²) >= 11 is 0. The fourth-order valence-corrected chi connectivity index (χ4v) is 6.15. The zero-order valence-electron chi connectivity index (χ0n) is 27.5. The number of nitrogens with one attached hydrogen (secondary N) is 2. The topological polar surface area (TPSA) is 100 Å². The maximum absolute atomic E-state index is 14.1. The maximum Gasteiger partial charge on any atom is 0.242 e. The fourth-order valence-electron chi connectivity index (χ4n) is 6.15. The Morgan fingerprint density at radius 3 is 2.53 bits per heavy atom. The van der Waals surface area contributed by atoms with Crippen molar-refractivity contribution in [3.8, 4) is 0 Å². The van der Waals surface area contributed by atoms with E-state index in [9.17, 15) is 23.5 Å². The van der Waals surface area contributed by atoms with Gasteiger partial charge in [-0.15, -0.1) is 0 Å². The molecule has 2 aliphatic carbocycles. The first-order valence-corrected chi connectivity index (χ1v) is 16.1. The number of likely N-dealkylation sites (N-methyl/N-ethyl adjacent to an activating group) is 1. The van der Waals surface area contributed by atoms with Crippen molar-refractivity contribution in [2.24, 2.45) is 17.8 Å². The van der Waals surface area contributed by atoms with Crippen LogP contribution in [0.1, 0.15) is 58.9 Å². The number of fused-ring (bicyclic) bond motifs is 1. The van der Waals surface area contributed by atoms with Gasteiger partial charge in [0.15, 0.2) is 0 Å². The van der Waals surface area contributed by atoms with Gasteiger partial charge in [-0.1, -0.05) is 44.9 Å². The zero-order valence-corrected chi connectivity index (χ0v) is 27.5. The molecule has 1 aromatic carbocycles. The highest BCUT2D eigenvalue weighted by atomic mass is 19.1. The van der Waals surface area contributed by atoms with E-state index >= 15 is 0 Å². The van der Waals surface area contributed by atoms with Gasteiger partial charge in [0.2, 0.25) is 11.8 Å². The van der Waals surface area contributed by atoms with Crippen LogP contribution in [0.2, 0.25) is 0 Å². The lowest BCUT2D eigenvalue weighted by Crippen LogP contribution is -2.55. The number of carbonyl (C=O) groups excluding carboxylic acids is 2. The quantitative estimate of drug-likeness (QED) is 0.216. The van der Waals surface area contributed by atoms with Gasteiger partial charge in [-0.05, 0) is 63.0 Å². The number of aliphatic hydroxyl groups excluding tert-OH is 1. The molecule has 1 fully saturated rings. The molecule has 0 aliphatic heterocycles. The molecule has 1 aromatic rings. The average molecular weight is 632 g/mol. The third kappa shape index (κ3) is 10.2. The molecule has 0 radical (unpaired) electrons. The number of hydrogen-bond acceptors (Lipinski definition) is 6. The van der Waals surface area contributed by atoms with E-state index in [2.05, 4.69) is 29.7 Å². The third-order valence-corrected chi connectivity index (χ3v) is 9.02. The average Bonchev–Trinajstić information content (AvgIpc) is 3.36. The van der Waals surface area contributed by atoms with Crippen LogP contribution < -0.4 is 10.6 Å². The van der Waals surface area contributed by atoms with E-state index in [-0.39, 0.29) is 48.8 Å². The first-order valence-electron chi connectivity index (χ1n) is 16.1. The summed E-state index contributed by atoms with van der Waals surface area (Å²) in [6.07, 6.45) is 12.2. The minimum atomic E-state index is -1.11. The van der Waals surface area contributed by atoms with Crippen LogP contribution in [-0.2, 0) is 25.5 Å². The van der Waals surface area contributed by atoms with Crippen molar-refractivity contribution in [3.63, 3.8) is 0 Å². The van der Waals surface area contributed by atoms with Gasteiger partial charge in [-0.25, -0.2) is 8.78 Å². The van der Waals surface area contributed by atoms with Crippen LogP contribution in [0.5, 0.6) is 0 Å². The highest BCUT2D eigenvalue weighted by molar-refractivity contribution is 5.88. The summed E-state index contributed by atoms with van der Waals surface area (Å²) in [5.74, 6) is -1.36. The fraction of sp³-hybridized carbons (Fsp3) is 0.600. The first kappa shape index (κ1) is 36.4. The summed E-state index contributed by atoms with van der Waals surface area (Å²) in [5, 5.41) is 17.8. The highest BCUT2D eigenvalue weighted by Crippen LogP contribution is 2.40. The number of amides is 2. The summed E-state index contributed by atoms with van der Waals surface area (Å²) in [5.41, 5.74) is 0.297. The predicted octanol–water partition coefficient (Wildman–Crippen LogP) is 4.68. The van der Waals surface area contributed by atoms with Crippen LogP contribution in [-0.4, -0.2) is 79.5 Å². The van der Waals surface area contributed by atoms with Gasteiger partial charge < -0.3 is 30.1 Å². The molecule has 0 spiro atoms. The van der Waals surface area contributed by atoms with Gasteiger partial charge in [0.05, 0.1) is 32.0 Å². The van der Waals surface area contributed by atoms with Crippen LogP contribution in [0.3, 0.4) is 0 Å². The zero-order chi connectivity index (χ0) is 33.1. The summed E-state index contributed by atoms with van der Waals surface area (Å²) in [4.78, 5) is 27.8. The molecule has 8 atom stereocenters. The molecule has 250 valence electrons. The minimum absolute atomic E-state index is 0.0111. The summed E-state index contributed by atoms with van der Waals surface area (Å²) in [6, 6.07) is 1.41. The number of nitrogens with zero attached hydrogens (tertiary/aromatic N) is 1. The minimum Gasteiger partial charge on any atom is -0.497 e. The summed E-state index contributed by atoms with van der Waals surface area (Å²) in [6.45, 7) is 8.09. The van der Waals surface area contributed by atoms with Crippen molar-refractivity contribution in [1.82, 2.24) is 15.5 Å². The molecule has 8 nitrogen and oxygen atoms in total. The number of halogens is 2. The predicted molar refractivity (Wildman–Crippen MR) is 171 cm³/mol. The molecule has 45 heavy (non-hydrogen) atoms. The second-order valence-electron chi connectivity index (χ2n) is 12.3. The SMILES string of the molecule is CC=CCO[C@@H]1C[C@H](NC[C@@H](O)[C@H](Cc2cc(F)cc(F)c2)NC(=O)C(C)N(C)C(=O)[C@@H](C)CCCC)C2C=C(OC)C=CC21. The molecular weight excluding hydrogens is 580 g/mol. The Hall–Kier alpha value is -3.08. The van der Waals surface area contributed by atoms with E-state index in [1.807, 2.05) is 32.1 Å². The molecule has 2 amide bonds. The lowest BCUT2D eigenvalue weighted by molar-refractivity contribution is -0.141. The van der Waals surface area contributed by atoms with Crippen molar-refractivity contribution >= 4 is 11.8 Å². The van der Waals surface area contributed by atoms with Gasteiger partial charge in [-0.3, -0.25) is 9.59 Å². The van der Waals surface area contributed by atoms with Gasteiger partial charge >= 0.3 is 0 Å². The van der Waals surface area contributed by atoms with Gasteiger partial charge in [0.1, 0.15) is 23.4 Å². The summed E-state index contributed by atoms with van der Waals surface area (Å²) in [7, 11) is 3.22. The second-order valence-corrected chi connectivity index (χ2v) is 12.3. The van der Waals surface area contributed by atoms with Crippen LogP contribution in [0.4, 0.5) is 8.78 Å². The summed E-state index contributed by atoms with van der Waals surface area (Å²) < 4.78 is 39.8. The van der Waals surface area contributed by atoms with Crippen molar-refractivity contribution < 1.29 is 33.0 Å². The molecule has 3 rings (SSSR count). The Balaban J connectivity index is 1.75. The van der Waals surface area contributed by atoms with Crippen LogP contribution in [0.25, 0.3) is 0 Å². The van der Waals surface area contributed by atoms with E-state index in [1.165, 1.54) is 17.0 Å². The van der Waals surface area contributed by atoms with E-state index < -0.39 is 35.7 Å². The number of aliphatic hydroxyl groups is 1. The Bertz CT molecular complexity index is 1200. The van der Waals surface area contributed by atoms with Gasteiger partial charge in [-0.2, -0.15) is 0 Å². The molecule has 3 N–H and O–H groups in total. The molecule has 1 saturated carbocycles. The number of methoxy groups -OCH3 is 1. The van der Waals surface area contributed by atoms with E-state index in [0.29, 0.717) is 18.6 Å². The molecule has 0 aromatic heterocycles. The lowest BCUT2D eigenvalue weighted by atomic mass is 9.88. The Kier molecular flexibility index (Phi) is 14.2. The standard InChI is InChI=1S/C35H51F2N3O5/c1-7-9-11-22(3)35(43)40(5)23(4)34(42)39-31(17-24-15-25(36)18-26(37)16-24)32(41)21-38-30-20-33(45-14-10-8-2)28-13-12-27(44-6)19-29(28)30/h8,10,12-13,15-16,18-19,22-23,28-33,38,41H,7,9,11,14,17,20-21H2,1-6H3,(H,39,42)/t22-,23?,28?,29?,30-,31-,32+,33+/m0/s1. The molecule has 0 bridgehead atoms. The van der Waals surface area contributed by atoms with Crippen LogP contribution in [0.15, 0.2) is 54.3 Å². The smallest absolute Gasteiger partial charge is 0.242 e. The third-order valence-electron chi connectivity index (χ3n) is 9.02. The molecule has 0 heterocycles. The molecular formula is C35H51F2N3O5. The maximum atomic E-state index is 14.1. The number of carbonyl (C=O) groups is 2. The van der Waals surface area contributed by atoms with Crippen LogP contribution in [0, 0.1) is 29.4 Å². The van der Waals surface area contributed by atoms with E-state index in [0.717, 1.165) is 31.1 Å². The largest absolute Gasteiger partial charge is 0.497 e. The van der Waals surface area contributed by atoms with Crippen molar-refractivity contribution in [1.29, 1.82) is 0 Å². The molecule has 10 heteroatoms. The van der Waals surface area contributed by atoms with E-state index in [1.54, 1.807) is 21.1 Å². The van der Waals surface area contributed by atoms with Crippen molar-refractivity contribution in [3.05, 3.63) is 71.5 Å². The highest BCUT2D eigenvalue weighted by Gasteiger charge is 2.43. The molecule has 0 saturated heterocycles. The number of benzene rings is 1. The molecule has 3 unspecified atom stereocenters. The van der Waals surface area contributed by atoms with Gasteiger partial charge in [0, 0.05) is 43.5 Å².